The smallest absolute Gasteiger partial charge is 0.321 e. The Morgan fingerprint density at radius 2 is 1.34 bits per heavy atom. The van der Waals surface area contributed by atoms with E-state index in [1.54, 1.807) is 0 Å². The van der Waals surface area contributed by atoms with Crippen molar-refractivity contribution < 1.29 is 13.9 Å². The monoisotopic (exact) mass is 650 g/mol. The average molecular weight is 651 g/mol. The van der Waals surface area contributed by atoms with Crippen molar-refractivity contribution >= 4 is 39.0 Å². The van der Waals surface area contributed by atoms with Crippen molar-refractivity contribution in [2.24, 2.45) is 0 Å². The fourth-order valence-electron chi connectivity index (χ4n) is 10.6. The number of aromatic nitrogens is 3. The highest BCUT2D eigenvalue weighted by Crippen LogP contribution is 2.63. The van der Waals surface area contributed by atoms with E-state index in [1.807, 2.05) is 0 Å². The van der Waals surface area contributed by atoms with Crippen LogP contribution < -0.4 is 18.8 Å². The highest BCUT2D eigenvalue weighted by atomic mass is 16.5. The molecule has 12 rings (SSSR count). The van der Waals surface area contributed by atoms with Crippen LogP contribution in [0, 0.1) is 0 Å². The Labute approximate surface area is 291 Å². The molecule has 0 bridgehead atoms. The molecule has 4 aromatic carbocycles. The number of ether oxygens (including phenoxy) is 1. The fourth-order valence-corrected chi connectivity index (χ4v) is 10.6. The molecule has 1 spiro atoms. The molecule has 5 aliphatic rings. The lowest BCUT2D eigenvalue weighted by atomic mass is 9.69. The third-order valence-electron chi connectivity index (χ3n) is 12.9. The summed E-state index contributed by atoms with van der Waals surface area (Å²) >= 11 is 0. The number of fused-ring (bicyclic) bond motifs is 5. The summed E-state index contributed by atoms with van der Waals surface area (Å²) in [7, 11) is 0. The SMILES string of the molecule is CC(C)(C)c1cc[n+]2c(c1)N1c3ccccc3C(C)(C)c3ccc4c(c31)C21c2c(ccc3c5cccc6c5n(c23)-c2c(ccc[n+]21)C6(C)C)O4. The second kappa shape index (κ2) is 7.97. The van der Waals surface area contributed by atoms with Crippen molar-refractivity contribution in [1.29, 1.82) is 0 Å². The Balaban J connectivity index is 1.38. The summed E-state index contributed by atoms with van der Waals surface area (Å²) in [5.41, 5.74) is 12.9. The first-order valence-corrected chi connectivity index (χ1v) is 18.0. The van der Waals surface area contributed by atoms with E-state index in [0.29, 0.717) is 0 Å². The topological polar surface area (TPSA) is 25.2 Å². The summed E-state index contributed by atoms with van der Waals surface area (Å²) in [5, 5.41) is 2.57. The van der Waals surface area contributed by atoms with Crippen LogP contribution >= 0.6 is 0 Å². The van der Waals surface area contributed by atoms with Gasteiger partial charge in [-0.25, -0.2) is 0 Å². The lowest BCUT2D eigenvalue weighted by Crippen LogP contribution is -2.79. The van der Waals surface area contributed by atoms with Gasteiger partial charge in [0.15, 0.2) is 11.2 Å². The van der Waals surface area contributed by atoms with Crippen LogP contribution in [0.2, 0.25) is 0 Å². The number of nitrogens with zero attached hydrogens (tertiary/aromatic N) is 4. The number of rotatable bonds is 0. The van der Waals surface area contributed by atoms with Crippen molar-refractivity contribution in [3.8, 4) is 17.3 Å². The molecule has 1 atom stereocenters. The quantitative estimate of drug-likeness (QED) is 0.153. The van der Waals surface area contributed by atoms with Crippen molar-refractivity contribution in [3.63, 3.8) is 0 Å². The van der Waals surface area contributed by atoms with Gasteiger partial charge in [-0.15, -0.1) is 0 Å². The van der Waals surface area contributed by atoms with E-state index in [2.05, 4.69) is 170 Å². The van der Waals surface area contributed by atoms with Crippen LogP contribution in [0.25, 0.3) is 27.6 Å². The predicted molar refractivity (Wildman–Crippen MR) is 197 cm³/mol. The molecule has 5 aliphatic heterocycles. The summed E-state index contributed by atoms with van der Waals surface area (Å²) in [6.07, 6.45) is 4.70. The minimum absolute atomic E-state index is 0.0356. The first-order valence-electron chi connectivity index (χ1n) is 18.0. The molecule has 5 nitrogen and oxygen atoms in total. The van der Waals surface area contributed by atoms with Gasteiger partial charge in [0.2, 0.25) is 0 Å². The van der Waals surface area contributed by atoms with Gasteiger partial charge < -0.3 is 4.74 Å². The molecule has 50 heavy (non-hydrogen) atoms. The molecule has 0 saturated carbocycles. The fraction of sp³-hybridized carbons (Fsp3) is 0.244. The van der Waals surface area contributed by atoms with E-state index in [-0.39, 0.29) is 16.2 Å². The van der Waals surface area contributed by atoms with Crippen molar-refractivity contribution in [2.45, 2.75) is 70.4 Å². The third-order valence-corrected chi connectivity index (χ3v) is 12.9. The minimum atomic E-state index is -0.748. The normalized spacial score (nSPS) is 20.0. The number of anilines is 3. The molecule has 242 valence electrons. The van der Waals surface area contributed by atoms with Crippen LogP contribution in [0.5, 0.6) is 11.5 Å². The van der Waals surface area contributed by atoms with E-state index in [0.717, 1.165) is 11.5 Å². The molecule has 0 aliphatic carbocycles. The summed E-state index contributed by atoms with van der Waals surface area (Å²) in [6, 6.07) is 34.4. The molecule has 5 heteroatoms. The van der Waals surface area contributed by atoms with E-state index < -0.39 is 5.66 Å². The van der Waals surface area contributed by atoms with Crippen molar-refractivity contribution in [3.05, 3.63) is 142 Å². The molecule has 7 aromatic rings. The van der Waals surface area contributed by atoms with Gasteiger partial charge >= 0.3 is 5.66 Å². The molecule has 0 saturated heterocycles. The Hall–Kier alpha value is -5.42. The van der Waals surface area contributed by atoms with Crippen LogP contribution in [-0.2, 0) is 21.9 Å². The molecule has 0 N–H and O–H groups in total. The standard InChI is InChI=1S/C45H38N4O/c1-42(2,3)25-21-23-46-35(24-25)48-32-16-9-8-13-28(32)43(4,5)30-18-20-34-37(40(30)48)45(46)36-33(50-34)19-17-27-26-12-10-14-29-38(26)49(39(27)36)41-31(44(29,6)7)15-11-22-47(41)45/h8-24H,1-7H3/q+2. The van der Waals surface area contributed by atoms with Crippen LogP contribution in [0.15, 0.2) is 103 Å². The Morgan fingerprint density at radius 3 is 2.18 bits per heavy atom. The second-order valence-electron chi connectivity index (χ2n) is 17.1. The highest BCUT2D eigenvalue weighted by molar-refractivity contribution is 6.13. The second-order valence-corrected chi connectivity index (χ2v) is 17.1. The van der Waals surface area contributed by atoms with Crippen LogP contribution in [0.1, 0.15) is 87.4 Å². The molecular weight excluding hydrogens is 613 g/mol. The number of pyridine rings is 2. The van der Waals surface area contributed by atoms with Gasteiger partial charge in [-0.3, -0.25) is 0 Å². The van der Waals surface area contributed by atoms with Gasteiger partial charge in [-0.05, 0) is 59.5 Å². The first kappa shape index (κ1) is 27.4. The van der Waals surface area contributed by atoms with Gasteiger partial charge in [-0.1, -0.05) is 84.9 Å². The maximum atomic E-state index is 7.14. The van der Waals surface area contributed by atoms with Crippen LogP contribution in [0.3, 0.4) is 0 Å². The maximum Gasteiger partial charge on any atom is 0.321 e. The summed E-state index contributed by atoms with van der Waals surface area (Å²) in [5.74, 6) is 4.25. The Morgan fingerprint density at radius 1 is 0.620 bits per heavy atom. The summed E-state index contributed by atoms with van der Waals surface area (Å²) in [6.45, 7) is 16.5. The molecule has 0 amide bonds. The van der Waals surface area contributed by atoms with Gasteiger partial charge in [0, 0.05) is 44.4 Å². The largest absolute Gasteiger partial charge is 0.456 e. The average Bonchev–Trinajstić information content (AvgIpc) is 3.44. The number of hydrogen-bond acceptors (Lipinski definition) is 2. The van der Waals surface area contributed by atoms with Crippen LogP contribution in [0.4, 0.5) is 17.2 Å². The Kier molecular flexibility index (Phi) is 4.37. The molecule has 0 radical (unpaired) electrons. The zero-order valence-corrected chi connectivity index (χ0v) is 29.5. The van der Waals surface area contributed by atoms with E-state index in [9.17, 15) is 0 Å². The molecule has 0 fully saturated rings. The zero-order valence-electron chi connectivity index (χ0n) is 29.5. The van der Waals surface area contributed by atoms with E-state index in [1.165, 1.54) is 83.8 Å². The highest BCUT2D eigenvalue weighted by Gasteiger charge is 2.68. The molecule has 8 heterocycles. The number of para-hydroxylation sites is 2. The predicted octanol–water partition coefficient (Wildman–Crippen LogP) is 9.43. The summed E-state index contributed by atoms with van der Waals surface area (Å²) < 4.78 is 14.9. The van der Waals surface area contributed by atoms with Crippen LogP contribution in [-0.4, -0.2) is 4.57 Å². The maximum absolute atomic E-state index is 7.14. The molecule has 3 aromatic heterocycles. The Bertz CT molecular complexity index is 2790. The lowest BCUT2D eigenvalue weighted by molar-refractivity contribution is -0.965. The van der Waals surface area contributed by atoms with E-state index in [4.69, 9.17) is 4.74 Å². The number of benzene rings is 4. The van der Waals surface area contributed by atoms with Gasteiger partial charge in [0.25, 0.3) is 11.6 Å². The van der Waals surface area contributed by atoms with Crippen molar-refractivity contribution in [2.75, 3.05) is 4.90 Å². The number of hydrogen-bond donors (Lipinski definition) is 0. The summed E-state index contributed by atoms with van der Waals surface area (Å²) in [4.78, 5) is 2.55. The zero-order chi connectivity index (χ0) is 33.9. The van der Waals surface area contributed by atoms with Gasteiger partial charge in [-0.2, -0.15) is 18.6 Å². The first-order chi connectivity index (χ1) is 24.0. The van der Waals surface area contributed by atoms with Crippen molar-refractivity contribution in [1.82, 2.24) is 4.57 Å². The van der Waals surface area contributed by atoms with Gasteiger partial charge in [0.1, 0.15) is 33.8 Å². The molecule has 1 unspecified atom stereocenters. The third kappa shape index (κ3) is 2.65. The lowest BCUT2D eigenvalue weighted by Gasteiger charge is -2.48. The molecular formula is C45H38N4O+2. The minimum Gasteiger partial charge on any atom is -0.456 e. The van der Waals surface area contributed by atoms with Gasteiger partial charge in [0.05, 0.1) is 18.0 Å². The van der Waals surface area contributed by atoms with E-state index >= 15 is 0 Å².